The number of aromatic nitrogens is 2. The number of nitrogens with one attached hydrogen (secondary N) is 1. The highest BCUT2D eigenvalue weighted by atomic mass is 32.2. The quantitative estimate of drug-likeness (QED) is 0.119. The molecular formula is C33H32N4O6S2. The van der Waals surface area contributed by atoms with Crippen LogP contribution in [0, 0.1) is 0 Å². The van der Waals surface area contributed by atoms with Gasteiger partial charge in [-0.05, 0) is 66.1 Å². The highest BCUT2D eigenvalue weighted by Crippen LogP contribution is 2.36. The van der Waals surface area contributed by atoms with E-state index >= 15 is 0 Å². The van der Waals surface area contributed by atoms with E-state index in [-0.39, 0.29) is 11.5 Å². The monoisotopic (exact) mass is 644 g/mol. The number of benzene rings is 3. The summed E-state index contributed by atoms with van der Waals surface area (Å²) in [5, 5.41) is 17.3. The Morgan fingerprint density at radius 2 is 1.87 bits per heavy atom. The molecule has 6 rings (SSSR count). The van der Waals surface area contributed by atoms with Crippen molar-refractivity contribution in [2.75, 3.05) is 52.6 Å². The van der Waals surface area contributed by atoms with Crippen molar-refractivity contribution >= 4 is 57.2 Å². The van der Waals surface area contributed by atoms with E-state index in [0.29, 0.717) is 41.2 Å². The van der Waals surface area contributed by atoms with Crippen LogP contribution in [0.3, 0.4) is 0 Å². The van der Waals surface area contributed by atoms with Crippen molar-refractivity contribution in [1.29, 1.82) is 0 Å². The van der Waals surface area contributed by atoms with Gasteiger partial charge in [-0.15, -0.1) is 0 Å². The van der Waals surface area contributed by atoms with E-state index in [0.717, 1.165) is 66.2 Å². The molecule has 0 unspecified atom stereocenters. The van der Waals surface area contributed by atoms with Gasteiger partial charge < -0.3 is 19.3 Å². The lowest BCUT2D eigenvalue weighted by Gasteiger charge is -2.26. The number of H-pyrrole nitrogens is 1. The average molecular weight is 645 g/mol. The highest BCUT2D eigenvalue weighted by molar-refractivity contribution is 8.26. The van der Waals surface area contributed by atoms with Crippen LogP contribution in [0.1, 0.15) is 22.3 Å². The second kappa shape index (κ2) is 14.2. The Balaban J connectivity index is 1.13. The molecule has 0 saturated carbocycles. The van der Waals surface area contributed by atoms with Gasteiger partial charge in [-0.2, -0.15) is 5.10 Å². The van der Waals surface area contributed by atoms with Gasteiger partial charge in [0.1, 0.15) is 22.4 Å². The number of hydrogen-bond donors (Lipinski definition) is 2. The molecule has 0 atom stereocenters. The standard InChI is InChI=1S/C33H32N4O6S2/c38-31-30(45-33(44)37(31)10-1-14-42-26-7-5-23(6-8-26)32(39)40)19-22-2-9-29(43-17-13-36-11-15-41-16-12-36)27(18-22)24-3-4-25-21-34-35-28(25)20-24/h2-9,18-21H,1,10-17H2,(H,34,35)(H,39,40). The van der Waals surface area contributed by atoms with Gasteiger partial charge in [0.2, 0.25) is 0 Å². The number of nitrogens with zero attached hydrogens (tertiary/aromatic N) is 3. The molecule has 12 heteroatoms. The lowest BCUT2D eigenvalue weighted by molar-refractivity contribution is -0.122. The number of morpholine rings is 1. The normalized spacial score (nSPS) is 16.5. The smallest absolute Gasteiger partial charge is 0.335 e. The van der Waals surface area contributed by atoms with Gasteiger partial charge in [-0.3, -0.25) is 19.7 Å². The van der Waals surface area contributed by atoms with Crippen molar-refractivity contribution in [3.05, 3.63) is 82.9 Å². The maximum absolute atomic E-state index is 13.3. The number of carbonyl (C=O) groups is 2. The van der Waals surface area contributed by atoms with Gasteiger partial charge >= 0.3 is 5.97 Å². The summed E-state index contributed by atoms with van der Waals surface area (Å²) in [7, 11) is 0. The van der Waals surface area contributed by atoms with Gasteiger partial charge in [-0.25, -0.2) is 4.79 Å². The first-order valence-corrected chi connectivity index (χ1v) is 15.9. The van der Waals surface area contributed by atoms with Crippen LogP contribution in [0.4, 0.5) is 0 Å². The summed E-state index contributed by atoms with van der Waals surface area (Å²) in [6.45, 7) is 5.44. The minimum Gasteiger partial charge on any atom is -0.494 e. The van der Waals surface area contributed by atoms with Crippen LogP contribution in [0.5, 0.6) is 11.5 Å². The summed E-state index contributed by atoms with van der Waals surface area (Å²) in [6, 6.07) is 18.3. The fourth-order valence-electron chi connectivity index (χ4n) is 5.15. The van der Waals surface area contributed by atoms with Crippen LogP contribution in [-0.4, -0.2) is 93.9 Å². The maximum Gasteiger partial charge on any atom is 0.335 e. The lowest BCUT2D eigenvalue weighted by Crippen LogP contribution is -2.38. The predicted octanol–water partition coefficient (Wildman–Crippen LogP) is 5.31. The summed E-state index contributed by atoms with van der Waals surface area (Å²) in [4.78, 5) is 28.8. The first-order valence-electron chi connectivity index (χ1n) is 14.7. The molecule has 2 saturated heterocycles. The number of thiocarbonyl (C=S) groups is 1. The fraction of sp³-hybridized carbons (Fsp3) is 0.273. The van der Waals surface area contributed by atoms with Crippen molar-refractivity contribution in [3.8, 4) is 22.6 Å². The number of carboxylic acid groups (broad SMARTS) is 1. The van der Waals surface area contributed by atoms with Crippen molar-refractivity contribution < 1.29 is 28.9 Å². The third-order valence-electron chi connectivity index (χ3n) is 7.59. The molecule has 4 aromatic rings. The van der Waals surface area contributed by atoms with Gasteiger partial charge in [0, 0.05) is 37.1 Å². The molecule has 232 valence electrons. The topological polar surface area (TPSA) is 117 Å². The number of carboxylic acids is 1. The van der Waals surface area contributed by atoms with E-state index in [9.17, 15) is 9.59 Å². The molecule has 2 fully saturated rings. The summed E-state index contributed by atoms with van der Waals surface area (Å²) in [6.07, 6.45) is 4.23. The zero-order chi connectivity index (χ0) is 31.2. The van der Waals surface area contributed by atoms with E-state index in [1.165, 1.54) is 23.9 Å². The third-order valence-corrected chi connectivity index (χ3v) is 8.97. The van der Waals surface area contributed by atoms with E-state index in [4.69, 9.17) is 31.5 Å². The van der Waals surface area contributed by atoms with Crippen LogP contribution in [-0.2, 0) is 9.53 Å². The Kier molecular flexibility index (Phi) is 9.75. The Morgan fingerprint density at radius 1 is 1.04 bits per heavy atom. The first-order chi connectivity index (χ1) is 21.9. The molecule has 2 aliphatic rings. The molecule has 0 aliphatic carbocycles. The Bertz CT molecular complexity index is 1730. The lowest BCUT2D eigenvalue weighted by atomic mass is 10.0. The number of ether oxygens (including phenoxy) is 3. The molecule has 2 aliphatic heterocycles. The third kappa shape index (κ3) is 7.54. The minimum atomic E-state index is -0.987. The molecule has 2 N–H and O–H groups in total. The maximum atomic E-state index is 13.3. The summed E-state index contributed by atoms with van der Waals surface area (Å²) < 4.78 is 18.0. The molecule has 0 spiro atoms. The minimum absolute atomic E-state index is 0.137. The molecule has 10 nitrogen and oxygen atoms in total. The van der Waals surface area contributed by atoms with Gasteiger partial charge in [0.05, 0.1) is 42.0 Å². The Morgan fingerprint density at radius 3 is 2.67 bits per heavy atom. The fourth-order valence-corrected chi connectivity index (χ4v) is 6.46. The highest BCUT2D eigenvalue weighted by Gasteiger charge is 2.31. The van der Waals surface area contributed by atoms with E-state index in [1.54, 1.807) is 23.2 Å². The summed E-state index contributed by atoms with van der Waals surface area (Å²) in [5.74, 6) is 0.215. The number of fused-ring (bicyclic) bond motifs is 1. The molecular weight excluding hydrogens is 613 g/mol. The number of amides is 1. The largest absolute Gasteiger partial charge is 0.494 e. The molecule has 3 heterocycles. The number of aromatic carboxylic acids is 1. The zero-order valence-electron chi connectivity index (χ0n) is 24.4. The van der Waals surface area contributed by atoms with Crippen LogP contribution in [0.15, 0.2) is 71.8 Å². The number of carbonyl (C=O) groups excluding carboxylic acids is 1. The van der Waals surface area contributed by atoms with Crippen molar-refractivity contribution in [2.45, 2.75) is 6.42 Å². The van der Waals surface area contributed by atoms with Crippen LogP contribution in [0.25, 0.3) is 28.1 Å². The number of thioether (sulfide) groups is 1. The van der Waals surface area contributed by atoms with E-state index < -0.39 is 5.97 Å². The van der Waals surface area contributed by atoms with Crippen LogP contribution in [0.2, 0.25) is 0 Å². The second-order valence-corrected chi connectivity index (χ2v) is 12.3. The average Bonchev–Trinajstić information content (AvgIpc) is 3.63. The molecule has 1 aromatic heterocycles. The molecule has 3 aromatic carbocycles. The van der Waals surface area contributed by atoms with Gasteiger partial charge in [-0.1, -0.05) is 42.2 Å². The van der Waals surface area contributed by atoms with E-state index in [2.05, 4.69) is 21.2 Å². The van der Waals surface area contributed by atoms with Crippen molar-refractivity contribution in [3.63, 3.8) is 0 Å². The van der Waals surface area contributed by atoms with Crippen LogP contribution >= 0.6 is 24.0 Å². The summed E-state index contributed by atoms with van der Waals surface area (Å²) >= 11 is 6.83. The SMILES string of the molecule is O=C(O)c1ccc(OCCCN2C(=O)C(=Cc3ccc(OCCN4CCOCC4)c(-c4ccc5cn[nH]c5c4)c3)SC2=S)cc1. The van der Waals surface area contributed by atoms with Crippen molar-refractivity contribution in [2.24, 2.45) is 0 Å². The summed E-state index contributed by atoms with van der Waals surface area (Å²) in [5.41, 5.74) is 3.89. The molecule has 45 heavy (non-hydrogen) atoms. The Hall–Kier alpha value is -4.23. The van der Waals surface area contributed by atoms with Gasteiger partial charge in [0.15, 0.2) is 0 Å². The van der Waals surface area contributed by atoms with Crippen LogP contribution < -0.4 is 9.47 Å². The van der Waals surface area contributed by atoms with E-state index in [1.807, 2.05) is 36.4 Å². The zero-order valence-corrected chi connectivity index (χ0v) is 26.1. The number of aromatic amines is 1. The number of hydrogen-bond acceptors (Lipinski definition) is 9. The van der Waals surface area contributed by atoms with Gasteiger partial charge in [0.25, 0.3) is 5.91 Å². The number of rotatable bonds is 12. The second-order valence-electron chi connectivity index (χ2n) is 10.6. The predicted molar refractivity (Wildman–Crippen MR) is 178 cm³/mol. The Labute approximate surface area is 269 Å². The van der Waals surface area contributed by atoms with Crippen molar-refractivity contribution in [1.82, 2.24) is 20.0 Å². The first kappa shape index (κ1) is 30.8. The molecule has 0 radical (unpaired) electrons. The molecule has 1 amide bonds. The molecule has 0 bridgehead atoms.